The Morgan fingerprint density at radius 3 is 2.11 bits per heavy atom. The first-order valence-corrected chi connectivity index (χ1v) is 11.9. The van der Waals surface area contributed by atoms with E-state index in [2.05, 4.69) is 15.9 Å². The molecule has 2 heterocycles. The van der Waals surface area contributed by atoms with Crippen LogP contribution in [0.15, 0.2) is 71.2 Å². The van der Waals surface area contributed by atoms with Crippen molar-refractivity contribution < 1.29 is 28.3 Å². The van der Waals surface area contributed by atoms with E-state index in [0.29, 0.717) is 11.3 Å². The maximum atomic E-state index is 13.9. The van der Waals surface area contributed by atoms with Gasteiger partial charge in [-0.05, 0) is 42.0 Å². The van der Waals surface area contributed by atoms with Crippen molar-refractivity contribution in [3.63, 3.8) is 0 Å². The van der Waals surface area contributed by atoms with Gasteiger partial charge in [0.1, 0.15) is 5.82 Å². The molecule has 0 aromatic heterocycles. The molecule has 3 aromatic rings. The van der Waals surface area contributed by atoms with Crippen molar-refractivity contribution in [3.8, 4) is 0 Å². The molecule has 0 N–H and O–H groups in total. The van der Waals surface area contributed by atoms with Crippen molar-refractivity contribution in [2.75, 3.05) is 4.90 Å². The Hall–Kier alpha value is -3.20. The Balaban J connectivity index is 1.55. The summed E-state index contributed by atoms with van der Waals surface area (Å²) in [6.07, 6.45) is -1.17. The molecular formula is C26H14BrClFNO5. The number of fused-ring (bicyclic) bond motifs is 3. The number of carbonyl (C=O) groups is 4. The molecule has 2 fully saturated rings. The number of hydrogen-bond acceptors (Lipinski definition) is 5. The van der Waals surface area contributed by atoms with E-state index < -0.39 is 52.7 Å². The zero-order chi connectivity index (χ0) is 24.6. The predicted octanol–water partition coefficient (Wildman–Crippen LogP) is 4.94. The first-order valence-electron chi connectivity index (χ1n) is 10.7. The van der Waals surface area contributed by atoms with Crippen molar-refractivity contribution in [2.24, 2.45) is 11.8 Å². The molecule has 0 radical (unpaired) electrons. The molecule has 6 nitrogen and oxygen atoms in total. The van der Waals surface area contributed by atoms with Crippen LogP contribution < -0.4 is 4.90 Å². The summed E-state index contributed by atoms with van der Waals surface area (Å²) >= 11 is 9.32. The molecule has 0 unspecified atom stereocenters. The highest BCUT2D eigenvalue weighted by Gasteiger charge is 2.74. The van der Waals surface area contributed by atoms with Gasteiger partial charge in [-0.25, -0.2) is 9.29 Å². The number of anilines is 1. The maximum Gasteiger partial charge on any atom is 0.241 e. The molecule has 0 saturated carbocycles. The quantitative estimate of drug-likeness (QED) is 0.331. The van der Waals surface area contributed by atoms with Gasteiger partial charge in [0.25, 0.3) is 0 Å². The summed E-state index contributed by atoms with van der Waals surface area (Å²) in [4.78, 5) is 55.9. The zero-order valence-electron chi connectivity index (χ0n) is 17.7. The Kier molecular flexibility index (Phi) is 4.87. The van der Waals surface area contributed by atoms with Gasteiger partial charge in [-0.15, -0.1) is 0 Å². The van der Waals surface area contributed by atoms with Crippen LogP contribution in [0.2, 0.25) is 5.02 Å². The summed E-state index contributed by atoms with van der Waals surface area (Å²) in [5.41, 5.74) is -1.33. The SMILES string of the molecule is O=C1[C@@H]2[C@@H](c3ccc(F)c(Cl)c3)OC3(C(=O)c4ccccc4C3=O)[C@@H]2C(=O)N1c1ccc(Br)cc1. The van der Waals surface area contributed by atoms with Gasteiger partial charge in [0.15, 0.2) is 0 Å². The number of carbonyl (C=O) groups excluding carboxylic acids is 4. The topological polar surface area (TPSA) is 80.8 Å². The van der Waals surface area contributed by atoms with Gasteiger partial charge in [0.2, 0.25) is 29.0 Å². The molecular weight excluding hydrogens is 541 g/mol. The van der Waals surface area contributed by atoms with Gasteiger partial charge < -0.3 is 4.74 Å². The number of ether oxygens (including phenoxy) is 1. The lowest BCUT2D eigenvalue weighted by atomic mass is 9.77. The van der Waals surface area contributed by atoms with E-state index in [1.165, 1.54) is 24.3 Å². The largest absolute Gasteiger partial charge is 0.349 e. The third-order valence-corrected chi connectivity index (χ3v) is 7.69. The highest BCUT2D eigenvalue weighted by molar-refractivity contribution is 9.10. The molecule has 2 saturated heterocycles. The number of nitrogens with zero attached hydrogens (tertiary/aromatic N) is 1. The minimum absolute atomic E-state index is 0.136. The molecule has 6 rings (SSSR count). The van der Waals surface area contributed by atoms with E-state index in [1.807, 2.05) is 0 Å². The fourth-order valence-corrected chi connectivity index (χ4v) is 5.81. The number of rotatable bonds is 2. The van der Waals surface area contributed by atoms with Crippen molar-refractivity contribution >= 4 is 56.6 Å². The van der Waals surface area contributed by atoms with Crippen molar-refractivity contribution in [1.82, 2.24) is 0 Å². The van der Waals surface area contributed by atoms with Crippen LogP contribution >= 0.6 is 27.5 Å². The molecule has 174 valence electrons. The number of imide groups is 1. The highest BCUT2D eigenvalue weighted by Crippen LogP contribution is 2.57. The number of amides is 2. The first kappa shape index (κ1) is 22.3. The van der Waals surface area contributed by atoms with Crippen LogP contribution in [0.25, 0.3) is 0 Å². The number of Topliss-reactive ketones (excluding diaryl/α,β-unsaturated/α-hetero) is 2. The number of benzene rings is 3. The smallest absolute Gasteiger partial charge is 0.241 e. The Bertz CT molecular complexity index is 1440. The molecule has 2 amide bonds. The van der Waals surface area contributed by atoms with Crippen LogP contribution in [0.3, 0.4) is 0 Å². The molecule has 35 heavy (non-hydrogen) atoms. The van der Waals surface area contributed by atoms with Gasteiger partial charge >= 0.3 is 0 Å². The monoisotopic (exact) mass is 553 g/mol. The van der Waals surface area contributed by atoms with Gasteiger partial charge in [0.05, 0.1) is 28.6 Å². The Morgan fingerprint density at radius 2 is 1.51 bits per heavy atom. The second kappa shape index (κ2) is 7.65. The van der Waals surface area contributed by atoms with Crippen LogP contribution in [0.5, 0.6) is 0 Å². The molecule has 9 heteroatoms. The van der Waals surface area contributed by atoms with Crippen LogP contribution in [-0.4, -0.2) is 29.0 Å². The van der Waals surface area contributed by atoms with Crippen LogP contribution in [0.4, 0.5) is 10.1 Å². The molecule has 1 spiro atoms. The highest BCUT2D eigenvalue weighted by atomic mass is 79.9. The number of halogens is 3. The number of ketones is 2. The van der Waals surface area contributed by atoms with E-state index in [-0.39, 0.29) is 16.1 Å². The lowest BCUT2D eigenvalue weighted by Gasteiger charge is -2.27. The lowest BCUT2D eigenvalue weighted by molar-refractivity contribution is -0.127. The molecule has 2 aliphatic heterocycles. The van der Waals surface area contributed by atoms with Crippen molar-refractivity contribution in [3.05, 3.63) is 98.7 Å². The van der Waals surface area contributed by atoms with E-state index >= 15 is 0 Å². The lowest BCUT2D eigenvalue weighted by Crippen LogP contribution is -2.51. The summed E-state index contributed by atoms with van der Waals surface area (Å²) in [6.45, 7) is 0. The van der Waals surface area contributed by atoms with E-state index in [1.54, 1.807) is 36.4 Å². The van der Waals surface area contributed by atoms with Crippen molar-refractivity contribution in [1.29, 1.82) is 0 Å². The molecule has 0 bridgehead atoms. The van der Waals surface area contributed by atoms with Crippen LogP contribution in [-0.2, 0) is 14.3 Å². The minimum Gasteiger partial charge on any atom is -0.349 e. The molecule has 3 aromatic carbocycles. The number of hydrogen-bond donors (Lipinski definition) is 0. The second-order valence-corrected chi connectivity index (χ2v) is 9.97. The summed E-state index contributed by atoms with van der Waals surface area (Å²) in [7, 11) is 0. The Morgan fingerprint density at radius 1 is 0.886 bits per heavy atom. The fraction of sp³-hybridized carbons (Fsp3) is 0.154. The summed E-state index contributed by atoms with van der Waals surface area (Å²) in [6, 6.07) is 16.5. The Labute approximate surface area is 211 Å². The summed E-state index contributed by atoms with van der Waals surface area (Å²) in [5, 5.41) is -0.211. The fourth-order valence-electron chi connectivity index (χ4n) is 5.35. The van der Waals surface area contributed by atoms with Gasteiger partial charge in [-0.3, -0.25) is 19.2 Å². The third-order valence-electron chi connectivity index (χ3n) is 6.88. The average Bonchev–Trinajstić information content (AvgIpc) is 3.42. The average molecular weight is 555 g/mol. The van der Waals surface area contributed by atoms with Gasteiger partial charge in [0, 0.05) is 15.6 Å². The van der Waals surface area contributed by atoms with E-state index in [0.717, 1.165) is 15.4 Å². The third kappa shape index (κ3) is 2.90. The van der Waals surface area contributed by atoms with Crippen LogP contribution in [0, 0.1) is 17.7 Å². The molecule has 1 aliphatic carbocycles. The van der Waals surface area contributed by atoms with Gasteiger partial charge in [-0.2, -0.15) is 0 Å². The predicted molar refractivity (Wildman–Crippen MR) is 127 cm³/mol. The normalized spacial score (nSPS) is 24.4. The maximum absolute atomic E-state index is 13.9. The zero-order valence-corrected chi connectivity index (χ0v) is 20.0. The minimum atomic E-state index is -2.20. The van der Waals surface area contributed by atoms with E-state index in [9.17, 15) is 23.6 Å². The van der Waals surface area contributed by atoms with Crippen molar-refractivity contribution in [2.45, 2.75) is 11.7 Å². The second-order valence-electron chi connectivity index (χ2n) is 8.64. The first-order chi connectivity index (χ1) is 16.8. The molecule has 3 atom stereocenters. The molecule has 3 aliphatic rings. The standard InChI is InChI=1S/C26H14BrClFNO5/c27-13-6-8-14(9-7-13)30-24(33)19-20(25(30)34)26(22(31)15-3-1-2-4-16(15)23(26)32)35-21(19)12-5-10-18(29)17(28)11-12/h1-11,19-21H/t19-,20-,21+/m0/s1. The summed E-state index contributed by atoms with van der Waals surface area (Å²) < 4.78 is 20.8. The van der Waals surface area contributed by atoms with Crippen LogP contribution in [0.1, 0.15) is 32.4 Å². The van der Waals surface area contributed by atoms with E-state index in [4.69, 9.17) is 16.3 Å². The summed E-state index contributed by atoms with van der Waals surface area (Å²) in [5.74, 6) is -5.89. The van der Waals surface area contributed by atoms with Gasteiger partial charge in [-0.1, -0.05) is 57.9 Å².